The number of rotatable bonds is 5. The van der Waals surface area contributed by atoms with Gasteiger partial charge in [-0.2, -0.15) is 0 Å². The monoisotopic (exact) mass is 200 g/mol. The molecular formula is C11H24N2O. The van der Waals surface area contributed by atoms with Gasteiger partial charge in [0.05, 0.1) is 5.60 Å². The van der Waals surface area contributed by atoms with E-state index in [4.69, 9.17) is 0 Å². The van der Waals surface area contributed by atoms with E-state index in [2.05, 4.69) is 24.1 Å². The number of likely N-dealkylation sites (tertiary alicyclic amines) is 1. The van der Waals surface area contributed by atoms with Gasteiger partial charge in [0, 0.05) is 19.6 Å². The van der Waals surface area contributed by atoms with E-state index in [9.17, 15) is 5.11 Å². The Bertz CT molecular complexity index is 148. The zero-order valence-corrected chi connectivity index (χ0v) is 9.55. The van der Waals surface area contributed by atoms with Gasteiger partial charge in [-0.1, -0.05) is 13.8 Å². The maximum atomic E-state index is 10.2. The third-order valence-electron chi connectivity index (χ3n) is 3.11. The van der Waals surface area contributed by atoms with Crippen LogP contribution in [0.4, 0.5) is 0 Å². The highest BCUT2D eigenvalue weighted by atomic mass is 16.3. The van der Waals surface area contributed by atoms with Crippen molar-refractivity contribution in [3.05, 3.63) is 0 Å². The number of nitrogens with one attached hydrogen (secondary N) is 1. The van der Waals surface area contributed by atoms with E-state index in [1.165, 1.54) is 0 Å². The van der Waals surface area contributed by atoms with Crippen molar-refractivity contribution in [1.29, 1.82) is 0 Å². The summed E-state index contributed by atoms with van der Waals surface area (Å²) in [6.07, 6.45) is 2.96. The molecule has 3 heteroatoms. The van der Waals surface area contributed by atoms with Gasteiger partial charge in [-0.05, 0) is 32.4 Å². The summed E-state index contributed by atoms with van der Waals surface area (Å²) < 4.78 is 0. The molecule has 0 aromatic rings. The van der Waals surface area contributed by atoms with Crippen LogP contribution in [0.2, 0.25) is 0 Å². The molecule has 2 N–H and O–H groups in total. The predicted octanol–water partition coefficient (Wildman–Crippen LogP) is 0.833. The van der Waals surface area contributed by atoms with Crippen molar-refractivity contribution in [1.82, 2.24) is 10.2 Å². The first-order chi connectivity index (χ1) is 6.70. The van der Waals surface area contributed by atoms with E-state index in [1.807, 2.05) is 0 Å². The molecule has 1 fully saturated rings. The first kappa shape index (κ1) is 12.0. The van der Waals surface area contributed by atoms with Gasteiger partial charge in [-0.3, -0.25) is 0 Å². The molecule has 0 spiro atoms. The Balaban J connectivity index is 2.23. The molecule has 0 saturated carbocycles. The first-order valence-electron chi connectivity index (χ1n) is 5.85. The van der Waals surface area contributed by atoms with E-state index in [-0.39, 0.29) is 0 Å². The highest BCUT2D eigenvalue weighted by Gasteiger charge is 2.30. The third-order valence-corrected chi connectivity index (χ3v) is 3.11. The van der Waals surface area contributed by atoms with Crippen LogP contribution in [0, 0.1) is 0 Å². The molecule has 0 radical (unpaired) electrons. The van der Waals surface area contributed by atoms with Crippen LogP contribution in [-0.4, -0.2) is 48.3 Å². The van der Waals surface area contributed by atoms with Crippen molar-refractivity contribution in [2.24, 2.45) is 0 Å². The molecule has 1 heterocycles. The van der Waals surface area contributed by atoms with Gasteiger partial charge in [0.1, 0.15) is 0 Å². The second-order valence-electron chi connectivity index (χ2n) is 4.34. The Kier molecular flexibility index (Phi) is 4.85. The summed E-state index contributed by atoms with van der Waals surface area (Å²) in [7, 11) is 0. The molecule has 0 atom stereocenters. The average Bonchev–Trinajstić information content (AvgIpc) is 2.19. The van der Waals surface area contributed by atoms with Crippen LogP contribution in [0.25, 0.3) is 0 Å². The van der Waals surface area contributed by atoms with Gasteiger partial charge in [-0.25, -0.2) is 0 Å². The van der Waals surface area contributed by atoms with Crippen LogP contribution < -0.4 is 5.32 Å². The molecule has 1 aliphatic rings. The van der Waals surface area contributed by atoms with Gasteiger partial charge in [0.2, 0.25) is 0 Å². The number of hydrogen-bond donors (Lipinski definition) is 2. The lowest BCUT2D eigenvalue weighted by molar-refractivity contribution is -0.0185. The normalized spacial score (nSPS) is 22.5. The summed E-state index contributed by atoms with van der Waals surface area (Å²) in [6, 6.07) is 0. The Morgan fingerprint density at radius 1 is 1.29 bits per heavy atom. The molecule has 0 bridgehead atoms. The van der Waals surface area contributed by atoms with Crippen LogP contribution in [0.15, 0.2) is 0 Å². The van der Waals surface area contributed by atoms with E-state index in [0.29, 0.717) is 0 Å². The van der Waals surface area contributed by atoms with E-state index in [0.717, 1.165) is 52.0 Å². The van der Waals surface area contributed by atoms with Gasteiger partial charge in [-0.15, -0.1) is 0 Å². The lowest BCUT2D eigenvalue weighted by atomic mass is 9.91. The zero-order valence-electron chi connectivity index (χ0n) is 9.55. The van der Waals surface area contributed by atoms with Crippen LogP contribution in [0.5, 0.6) is 0 Å². The Morgan fingerprint density at radius 2 is 1.93 bits per heavy atom. The summed E-state index contributed by atoms with van der Waals surface area (Å²) in [4.78, 5) is 2.40. The molecule has 1 saturated heterocycles. The van der Waals surface area contributed by atoms with Gasteiger partial charge < -0.3 is 15.3 Å². The van der Waals surface area contributed by atoms with Gasteiger partial charge >= 0.3 is 0 Å². The van der Waals surface area contributed by atoms with Crippen LogP contribution in [0.3, 0.4) is 0 Å². The van der Waals surface area contributed by atoms with Crippen molar-refractivity contribution >= 4 is 0 Å². The number of aliphatic hydroxyl groups is 1. The Hall–Kier alpha value is -0.120. The molecule has 0 aliphatic carbocycles. The summed E-state index contributed by atoms with van der Waals surface area (Å²) in [5.74, 6) is 0. The summed E-state index contributed by atoms with van der Waals surface area (Å²) in [5, 5.41) is 13.5. The molecular weight excluding hydrogens is 176 g/mol. The highest BCUT2D eigenvalue weighted by molar-refractivity contribution is 4.87. The summed E-state index contributed by atoms with van der Waals surface area (Å²) >= 11 is 0. The quantitative estimate of drug-likeness (QED) is 0.645. The minimum absolute atomic E-state index is 0.444. The van der Waals surface area contributed by atoms with Crippen molar-refractivity contribution in [2.45, 2.75) is 38.7 Å². The third kappa shape index (κ3) is 3.56. The minimum atomic E-state index is -0.444. The smallest absolute Gasteiger partial charge is 0.0795 e. The topological polar surface area (TPSA) is 35.5 Å². The largest absolute Gasteiger partial charge is 0.388 e. The number of hydrogen-bond acceptors (Lipinski definition) is 3. The molecule has 84 valence electrons. The van der Waals surface area contributed by atoms with Crippen LogP contribution in [-0.2, 0) is 0 Å². The van der Waals surface area contributed by atoms with Gasteiger partial charge in [0.15, 0.2) is 0 Å². The average molecular weight is 200 g/mol. The van der Waals surface area contributed by atoms with Crippen molar-refractivity contribution in [3.63, 3.8) is 0 Å². The summed E-state index contributed by atoms with van der Waals surface area (Å²) in [6.45, 7) is 9.30. The van der Waals surface area contributed by atoms with Crippen LogP contribution in [0.1, 0.15) is 33.1 Å². The SMILES string of the molecule is CCCNCC1(O)CCN(CC)CC1. The highest BCUT2D eigenvalue weighted by Crippen LogP contribution is 2.20. The Labute approximate surface area is 87.5 Å². The minimum Gasteiger partial charge on any atom is -0.388 e. The fourth-order valence-corrected chi connectivity index (χ4v) is 1.96. The summed E-state index contributed by atoms with van der Waals surface area (Å²) in [5.41, 5.74) is -0.444. The molecule has 0 aromatic carbocycles. The fraction of sp³-hybridized carbons (Fsp3) is 1.00. The molecule has 1 rings (SSSR count). The second kappa shape index (κ2) is 5.69. The lowest BCUT2D eigenvalue weighted by Crippen LogP contribution is -2.49. The second-order valence-corrected chi connectivity index (χ2v) is 4.34. The number of nitrogens with zero attached hydrogens (tertiary/aromatic N) is 1. The molecule has 0 aromatic heterocycles. The fourth-order valence-electron chi connectivity index (χ4n) is 1.96. The molecule has 1 aliphatic heterocycles. The molecule has 3 nitrogen and oxygen atoms in total. The van der Waals surface area contributed by atoms with Crippen LogP contribution >= 0.6 is 0 Å². The molecule has 0 unspecified atom stereocenters. The van der Waals surface area contributed by atoms with Crippen molar-refractivity contribution < 1.29 is 5.11 Å². The predicted molar refractivity (Wildman–Crippen MR) is 59.5 cm³/mol. The lowest BCUT2D eigenvalue weighted by Gasteiger charge is -2.37. The standard InChI is InChI=1S/C11H24N2O/c1-3-7-12-10-11(14)5-8-13(4-2)9-6-11/h12,14H,3-10H2,1-2H3. The Morgan fingerprint density at radius 3 is 2.43 bits per heavy atom. The van der Waals surface area contributed by atoms with E-state index >= 15 is 0 Å². The molecule has 14 heavy (non-hydrogen) atoms. The number of piperidine rings is 1. The van der Waals surface area contributed by atoms with E-state index in [1.54, 1.807) is 0 Å². The first-order valence-corrected chi connectivity index (χ1v) is 5.85. The maximum absolute atomic E-state index is 10.2. The van der Waals surface area contributed by atoms with Gasteiger partial charge in [0.25, 0.3) is 0 Å². The van der Waals surface area contributed by atoms with Crippen molar-refractivity contribution in [2.75, 3.05) is 32.7 Å². The maximum Gasteiger partial charge on any atom is 0.0795 e. The molecule has 0 amide bonds. The van der Waals surface area contributed by atoms with E-state index < -0.39 is 5.60 Å². The zero-order chi connectivity index (χ0) is 10.4. The van der Waals surface area contributed by atoms with Crippen molar-refractivity contribution in [3.8, 4) is 0 Å².